The average Bonchev–Trinajstić information content (AvgIpc) is 3.47. The van der Waals surface area contributed by atoms with Gasteiger partial charge in [-0.05, 0) is 30.5 Å². The Kier molecular flexibility index (Phi) is 9.18. The van der Waals surface area contributed by atoms with E-state index < -0.39 is 0 Å². The van der Waals surface area contributed by atoms with E-state index in [2.05, 4.69) is 52.1 Å². The zero-order valence-electron chi connectivity index (χ0n) is 21.5. The van der Waals surface area contributed by atoms with Crippen molar-refractivity contribution >= 4 is 22.3 Å². The van der Waals surface area contributed by atoms with Crippen molar-refractivity contribution in [1.82, 2.24) is 25.0 Å². The third-order valence-electron chi connectivity index (χ3n) is 5.96. The van der Waals surface area contributed by atoms with Gasteiger partial charge in [0.05, 0.1) is 29.3 Å². The Hall–Kier alpha value is -3.48. The molecule has 0 bridgehead atoms. The standard InChI is InChI=1S/C26H31FN6.C2H6/c1-5-7-18(8-6-2)11-20-9-10-21(15-28-20)30-17(3)26-23-12-22(19-14-29-33(4)16-19)24(27)13-25(23)31-32-26;1-2/h9-10,12-16,18,30H,3,5-8,11H2,1-2,4H3,(H,31,32);1-2H3. The van der Waals surface area contributed by atoms with Gasteiger partial charge >= 0.3 is 0 Å². The summed E-state index contributed by atoms with van der Waals surface area (Å²) in [4.78, 5) is 4.66. The van der Waals surface area contributed by atoms with E-state index in [1.165, 1.54) is 31.7 Å². The van der Waals surface area contributed by atoms with E-state index in [0.717, 1.165) is 23.2 Å². The SMILES string of the molecule is C=C(Nc1ccc(CC(CCC)CCC)nc1)c1n[nH]c2cc(F)c(-c3cnn(C)c3)cc12.CC. The van der Waals surface area contributed by atoms with E-state index in [-0.39, 0.29) is 5.82 Å². The van der Waals surface area contributed by atoms with E-state index in [9.17, 15) is 4.39 Å². The zero-order chi connectivity index (χ0) is 25.4. The van der Waals surface area contributed by atoms with Crippen molar-refractivity contribution in [2.45, 2.75) is 59.8 Å². The molecule has 3 heterocycles. The summed E-state index contributed by atoms with van der Waals surface area (Å²) in [6.07, 6.45) is 11.2. The molecule has 7 heteroatoms. The monoisotopic (exact) mass is 476 g/mol. The largest absolute Gasteiger partial charge is 0.353 e. The lowest BCUT2D eigenvalue weighted by Gasteiger charge is -2.15. The Morgan fingerprint density at radius 1 is 1.14 bits per heavy atom. The molecule has 4 rings (SSSR count). The number of aromatic nitrogens is 5. The topological polar surface area (TPSA) is 71.4 Å². The summed E-state index contributed by atoms with van der Waals surface area (Å²) in [7, 11) is 1.81. The van der Waals surface area contributed by atoms with Crippen molar-refractivity contribution in [3.05, 3.63) is 66.6 Å². The molecule has 0 spiro atoms. The van der Waals surface area contributed by atoms with Gasteiger partial charge in [-0.2, -0.15) is 10.2 Å². The van der Waals surface area contributed by atoms with Crippen LogP contribution in [0.4, 0.5) is 10.1 Å². The molecule has 35 heavy (non-hydrogen) atoms. The van der Waals surface area contributed by atoms with Crippen molar-refractivity contribution < 1.29 is 4.39 Å². The molecule has 6 nitrogen and oxygen atoms in total. The molecule has 1 aromatic carbocycles. The number of halogens is 1. The molecular weight excluding hydrogens is 439 g/mol. The molecule has 0 aliphatic carbocycles. The predicted octanol–water partition coefficient (Wildman–Crippen LogP) is 7.37. The quantitative estimate of drug-likeness (QED) is 0.251. The minimum absolute atomic E-state index is 0.325. The highest BCUT2D eigenvalue weighted by Crippen LogP contribution is 2.30. The minimum atomic E-state index is -0.325. The molecule has 0 unspecified atom stereocenters. The van der Waals surface area contributed by atoms with Crippen LogP contribution >= 0.6 is 0 Å². The zero-order valence-corrected chi connectivity index (χ0v) is 21.5. The van der Waals surface area contributed by atoms with Gasteiger partial charge in [-0.1, -0.05) is 60.0 Å². The Bertz CT molecular complexity index is 1230. The molecule has 0 fully saturated rings. The first-order valence-electron chi connectivity index (χ1n) is 12.6. The molecule has 0 saturated heterocycles. The number of H-pyrrole nitrogens is 1. The normalized spacial score (nSPS) is 10.9. The van der Waals surface area contributed by atoms with Gasteiger partial charge in [0.15, 0.2) is 0 Å². The number of hydrogen-bond acceptors (Lipinski definition) is 4. The fourth-order valence-corrected chi connectivity index (χ4v) is 4.36. The number of nitrogens with one attached hydrogen (secondary N) is 2. The number of nitrogens with zero attached hydrogens (tertiary/aromatic N) is 4. The van der Waals surface area contributed by atoms with Gasteiger partial charge in [0.1, 0.15) is 11.5 Å². The first-order valence-corrected chi connectivity index (χ1v) is 12.6. The number of fused-ring (bicyclic) bond motifs is 1. The molecule has 0 atom stereocenters. The fraction of sp³-hybridized carbons (Fsp3) is 0.393. The molecule has 0 aliphatic heterocycles. The van der Waals surface area contributed by atoms with Crippen LogP contribution in [0.3, 0.4) is 0 Å². The number of benzene rings is 1. The molecule has 186 valence electrons. The van der Waals surface area contributed by atoms with Crippen molar-refractivity contribution in [3.63, 3.8) is 0 Å². The summed E-state index contributed by atoms with van der Waals surface area (Å²) < 4.78 is 16.3. The average molecular weight is 477 g/mol. The Morgan fingerprint density at radius 3 is 2.49 bits per heavy atom. The van der Waals surface area contributed by atoms with Gasteiger partial charge in [-0.15, -0.1) is 0 Å². The van der Waals surface area contributed by atoms with Crippen LogP contribution in [0.15, 0.2) is 49.4 Å². The predicted molar refractivity (Wildman–Crippen MR) is 144 cm³/mol. The second kappa shape index (κ2) is 12.3. The van der Waals surface area contributed by atoms with Gasteiger partial charge in [0.25, 0.3) is 0 Å². The maximum atomic E-state index is 14.7. The summed E-state index contributed by atoms with van der Waals surface area (Å²) in [6.45, 7) is 12.6. The highest BCUT2D eigenvalue weighted by molar-refractivity contribution is 5.95. The molecule has 3 aromatic heterocycles. The van der Waals surface area contributed by atoms with E-state index >= 15 is 0 Å². The van der Waals surface area contributed by atoms with Crippen molar-refractivity contribution in [2.24, 2.45) is 13.0 Å². The second-order valence-corrected chi connectivity index (χ2v) is 8.64. The Morgan fingerprint density at radius 2 is 1.89 bits per heavy atom. The molecule has 0 saturated carbocycles. The Balaban J connectivity index is 0.00000167. The first-order chi connectivity index (χ1) is 17.0. The molecule has 4 aromatic rings. The van der Waals surface area contributed by atoms with E-state index in [1.54, 1.807) is 23.1 Å². The lowest BCUT2D eigenvalue weighted by atomic mass is 9.93. The molecule has 0 aliphatic rings. The number of pyridine rings is 1. The molecular formula is C28H37FN6. The maximum Gasteiger partial charge on any atom is 0.133 e. The third kappa shape index (κ3) is 6.35. The fourth-order valence-electron chi connectivity index (χ4n) is 4.36. The van der Waals surface area contributed by atoms with Crippen LogP contribution < -0.4 is 5.32 Å². The summed E-state index contributed by atoms with van der Waals surface area (Å²) in [6, 6.07) is 7.35. The lowest BCUT2D eigenvalue weighted by molar-refractivity contribution is 0.434. The second-order valence-electron chi connectivity index (χ2n) is 8.64. The van der Waals surface area contributed by atoms with E-state index in [0.29, 0.717) is 34.0 Å². The van der Waals surface area contributed by atoms with Crippen molar-refractivity contribution in [1.29, 1.82) is 0 Å². The number of rotatable bonds is 10. The van der Waals surface area contributed by atoms with Crippen LogP contribution in [0.1, 0.15) is 64.8 Å². The third-order valence-corrected chi connectivity index (χ3v) is 5.96. The van der Waals surface area contributed by atoms with Crippen molar-refractivity contribution in [2.75, 3.05) is 5.32 Å². The van der Waals surface area contributed by atoms with Crippen LogP contribution in [0.5, 0.6) is 0 Å². The molecule has 0 radical (unpaired) electrons. The molecule has 0 amide bonds. The van der Waals surface area contributed by atoms with Gasteiger partial charge in [-0.3, -0.25) is 14.8 Å². The highest BCUT2D eigenvalue weighted by Gasteiger charge is 2.16. The van der Waals surface area contributed by atoms with Crippen LogP contribution in [0.25, 0.3) is 27.7 Å². The lowest BCUT2D eigenvalue weighted by Crippen LogP contribution is -2.06. The smallest absolute Gasteiger partial charge is 0.133 e. The maximum absolute atomic E-state index is 14.7. The van der Waals surface area contributed by atoms with Crippen LogP contribution in [-0.2, 0) is 13.5 Å². The Labute approximate surface area is 207 Å². The number of anilines is 1. The van der Waals surface area contributed by atoms with Gasteiger partial charge in [0, 0.05) is 41.5 Å². The van der Waals surface area contributed by atoms with Gasteiger partial charge in [0.2, 0.25) is 0 Å². The van der Waals surface area contributed by atoms with Crippen molar-refractivity contribution in [3.8, 4) is 11.1 Å². The first kappa shape index (κ1) is 26.1. The van der Waals surface area contributed by atoms with E-state index in [1.807, 2.05) is 33.2 Å². The van der Waals surface area contributed by atoms with Gasteiger partial charge < -0.3 is 5.32 Å². The summed E-state index contributed by atoms with van der Waals surface area (Å²) in [5.41, 5.74) is 5.03. The van der Waals surface area contributed by atoms with Gasteiger partial charge in [-0.25, -0.2) is 4.39 Å². The number of hydrogen-bond donors (Lipinski definition) is 2. The molecule has 2 N–H and O–H groups in total. The summed E-state index contributed by atoms with van der Waals surface area (Å²) in [5.74, 6) is 0.361. The number of aromatic amines is 1. The van der Waals surface area contributed by atoms with Crippen LogP contribution in [0, 0.1) is 11.7 Å². The highest BCUT2D eigenvalue weighted by atomic mass is 19.1. The number of aryl methyl sites for hydroxylation is 1. The van der Waals surface area contributed by atoms with Crippen LogP contribution in [0.2, 0.25) is 0 Å². The van der Waals surface area contributed by atoms with Crippen LogP contribution in [-0.4, -0.2) is 25.0 Å². The summed E-state index contributed by atoms with van der Waals surface area (Å²) in [5, 5.41) is 15.5. The summed E-state index contributed by atoms with van der Waals surface area (Å²) >= 11 is 0. The van der Waals surface area contributed by atoms with E-state index in [4.69, 9.17) is 0 Å². The minimum Gasteiger partial charge on any atom is -0.353 e.